The maximum absolute atomic E-state index is 14.5. The summed E-state index contributed by atoms with van der Waals surface area (Å²) < 4.78 is 17.6. The largest absolute Gasteiger partial charge is 0.306 e. The van der Waals surface area contributed by atoms with Crippen LogP contribution in [0.1, 0.15) is 21.6 Å². The summed E-state index contributed by atoms with van der Waals surface area (Å²) in [5.41, 5.74) is 0.756. The Kier molecular flexibility index (Phi) is 6.08. The maximum atomic E-state index is 14.5. The fraction of sp³-hybridized carbons (Fsp3) is 0.0800. The molecule has 5 aromatic rings. The van der Waals surface area contributed by atoms with Crippen molar-refractivity contribution in [2.75, 3.05) is 5.32 Å². The topological polar surface area (TPSA) is 151 Å². The van der Waals surface area contributed by atoms with Crippen LogP contribution < -0.4 is 5.32 Å². The second-order valence-electron chi connectivity index (χ2n) is 8.37. The van der Waals surface area contributed by atoms with Crippen LogP contribution in [0.5, 0.6) is 0 Å². The van der Waals surface area contributed by atoms with Crippen LogP contribution in [0, 0.1) is 33.0 Å². The van der Waals surface area contributed by atoms with E-state index >= 15 is 0 Å². The van der Waals surface area contributed by atoms with Gasteiger partial charge in [0.25, 0.3) is 17.3 Å². The first kappa shape index (κ1) is 24.2. The summed E-state index contributed by atoms with van der Waals surface area (Å²) in [6.07, 6.45) is 0. The van der Waals surface area contributed by atoms with Crippen molar-refractivity contribution in [3.63, 3.8) is 0 Å². The number of nitro groups is 2. The van der Waals surface area contributed by atoms with Gasteiger partial charge in [0.1, 0.15) is 11.6 Å². The van der Waals surface area contributed by atoms with Gasteiger partial charge in [-0.15, -0.1) is 0 Å². The van der Waals surface area contributed by atoms with Gasteiger partial charge >= 0.3 is 0 Å². The smallest absolute Gasteiger partial charge is 0.277 e. The Balaban J connectivity index is 1.58. The third kappa shape index (κ3) is 4.55. The predicted octanol–water partition coefficient (Wildman–Crippen LogP) is 4.79. The van der Waals surface area contributed by atoms with E-state index in [1.165, 1.54) is 10.7 Å². The van der Waals surface area contributed by atoms with Gasteiger partial charge in [-0.05, 0) is 25.1 Å². The minimum atomic E-state index is -0.824. The summed E-state index contributed by atoms with van der Waals surface area (Å²) in [5, 5.41) is 29.6. The van der Waals surface area contributed by atoms with Gasteiger partial charge in [-0.1, -0.05) is 30.3 Å². The molecule has 0 radical (unpaired) electrons. The van der Waals surface area contributed by atoms with Gasteiger partial charge in [0.05, 0.1) is 44.7 Å². The molecule has 190 valence electrons. The zero-order chi connectivity index (χ0) is 27.0. The molecule has 1 amide bonds. The van der Waals surface area contributed by atoms with Gasteiger partial charge in [-0.25, -0.2) is 9.37 Å². The summed E-state index contributed by atoms with van der Waals surface area (Å²) in [7, 11) is 0. The normalized spacial score (nSPS) is 11.0. The number of amides is 1. The van der Waals surface area contributed by atoms with Crippen molar-refractivity contribution in [3.8, 4) is 5.95 Å². The summed E-state index contributed by atoms with van der Waals surface area (Å²) in [5.74, 6) is -0.780. The van der Waals surface area contributed by atoms with E-state index in [0.29, 0.717) is 22.3 Å². The molecule has 2 aromatic heterocycles. The van der Waals surface area contributed by atoms with Crippen LogP contribution in [0.2, 0.25) is 0 Å². The molecule has 13 heteroatoms. The highest BCUT2D eigenvalue weighted by molar-refractivity contribution is 6.04. The number of rotatable bonds is 7. The van der Waals surface area contributed by atoms with Crippen molar-refractivity contribution < 1.29 is 19.0 Å². The molecule has 38 heavy (non-hydrogen) atoms. The highest BCUT2D eigenvalue weighted by Crippen LogP contribution is 2.26. The zero-order valence-corrected chi connectivity index (χ0v) is 19.7. The van der Waals surface area contributed by atoms with Gasteiger partial charge in [0.2, 0.25) is 5.95 Å². The molecule has 12 nitrogen and oxygen atoms in total. The van der Waals surface area contributed by atoms with E-state index in [9.17, 15) is 29.4 Å². The van der Waals surface area contributed by atoms with E-state index in [1.54, 1.807) is 47.9 Å². The Hall–Kier alpha value is -5.46. The molecule has 5 rings (SSSR count). The summed E-state index contributed by atoms with van der Waals surface area (Å²) in [6, 6.07) is 17.8. The fourth-order valence-electron chi connectivity index (χ4n) is 4.04. The molecular weight excluding hydrogens is 497 g/mol. The lowest BCUT2D eigenvalue weighted by Gasteiger charge is -2.12. The average molecular weight is 515 g/mol. The minimum absolute atomic E-state index is 0.117. The van der Waals surface area contributed by atoms with E-state index in [0.717, 1.165) is 18.2 Å². The van der Waals surface area contributed by atoms with Crippen LogP contribution in [0.15, 0.2) is 72.8 Å². The molecular formula is C25H18FN7O5. The van der Waals surface area contributed by atoms with E-state index < -0.39 is 32.9 Å². The van der Waals surface area contributed by atoms with Crippen molar-refractivity contribution in [1.29, 1.82) is 0 Å². The summed E-state index contributed by atoms with van der Waals surface area (Å²) >= 11 is 0. The third-order valence-corrected chi connectivity index (χ3v) is 5.77. The Morgan fingerprint density at radius 3 is 2.32 bits per heavy atom. The lowest BCUT2D eigenvalue weighted by molar-refractivity contribution is -0.394. The van der Waals surface area contributed by atoms with Gasteiger partial charge in [-0.3, -0.25) is 25.0 Å². The van der Waals surface area contributed by atoms with E-state index in [2.05, 4.69) is 15.4 Å². The fourth-order valence-corrected chi connectivity index (χ4v) is 4.04. The number of fused-ring (bicyclic) bond motifs is 1. The second-order valence-corrected chi connectivity index (χ2v) is 8.37. The van der Waals surface area contributed by atoms with Gasteiger partial charge in [-0.2, -0.15) is 9.78 Å². The quantitative estimate of drug-likeness (QED) is 0.242. The molecule has 2 heterocycles. The van der Waals surface area contributed by atoms with Gasteiger partial charge in [0, 0.05) is 23.8 Å². The van der Waals surface area contributed by atoms with Crippen molar-refractivity contribution in [2.45, 2.75) is 13.5 Å². The monoisotopic (exact) mass is 515 g/mol. The van der Waals surface area contributed by atoms with Crippen molar-refractivity contribution >= 4 is 34.1 Å². The molecule has 0 bridgehead atoms. The third-order valence-electron chi connectivity index (χ3n) is 5.77. The number of halogens is 1. The molecule has 1 N–H and O–H groups in total. The molecule has 0 atom stereocenters. The van der Waals surface area contributed by atoms with Crippen LogP contribution in [-0.2, 0) is 6.54 Å². The second kappa shape index (κ2) is 9.54. The first-order valence-corrected chi connectivity index (χ1v) is 11.2. The maximum Gasteiger partial charge on any atom is 0.277 e. The van der Waals surface area contributed by atoms with E-state index in [4.69, 9.17) is 0 Å². The number of carbonyl (C=O) groups excluding carboxylic acids is 1. The van der Waals surface area contributed by atoms with Crippen LogP contribution in [0.4, 0.5) is 21.6 Å². The van der Waals surface area contributed by atoms with Crippen LogP contribution >= 0.6 is 0 Å². The van der Waals surface area contributed by atoms with Crippen molar-refractivity contribution in [3.05, 3.63) is 116 Å². The van der Waals surface area contributed by atoms with Crippen LogP contribution in [0.3, 0.4) is 0 Å². The number of imidazole rings is 1. The number of benzene rings is 3. The number of aryl methyl sites for hydroxylation is 1. The molecule has 0 saturated carbocycles. The zero-order valence-electron chi connectivity index (χ0n) is 19.7. The number of nitrogens with one attached hydrogen (secondary N) is 1. The number of nitro benzene ring substituents is 2. The van der Waals surface area contributed by atoms with Crippen molar-refractivity contribution in [1.82, 2.24) is 19.3 Å². The van der Waals surface area contributed by atoms with Crippen molar-refractivity contribution in [2.24, 2.45) is 0 Å². The molecule has 0 unspecified atom stereocenters. The number of non-ortho nitro benzene ring substituents is 2. The lowest BCUT2D eigenvalue weighted by atomic mass is 10.1. The first-order chi connectivity index (χ1) is 18.2. The Bertz CT molecular complexity index is 1710. The molecule has 0 spiro atoms. The summed E-state index contributed by atoms with van der Waals surface area (Å²) in [4.78, 5) is 38.6. The van der Waals surface area contributed by atoms with E-state index in [1.807, 2.05) is 12.1 Å². The van der Waals surface area contributed by atoms with E-state index in [-0.39, 0.29) is 23.9 Å². The first-order valence-electron chi connectivity index (χ1n) is 11.2. The highest BCUT2D eigenvalue weighted by atomic mass is 19.1. The highest BCUT2D eigenvalue weighted by Gasteiger charge is 2.23. The Morgan fingerprint density at radius 1 is 0.974 bits per heavy atom. The average Bonchev–Trinajstić information content (AvgIpc) is 3.44. The number of anilines is 1. The molecule has 0 aliphatic heterocycles. The number of aromatic nitrogens is 4. The lowest BCUT2D eigenvalue weighted by Crippen LogP contribution is -2.18. The van der Waals surface area contributed by atoms with Gasteiger partial charge < -0.3 is 9.88 Å². The number of para-hydroxylation sites is 2. The molecule has 0 aliphatic rings. The molecule has 3 aromatic carbocycles. The molecule has 0 saturated heterocycles. The molecule has 0 aliphatic carbocycles. The number of carbonyl (C=O) groups is 1. The Labute approximate surface area is 213 Å². The SMILES string of the molecule is Cc1cc(NC(=O)c2cc([N+](=O)[O-])cc([N+](=O)[O-])c2)n(-c2nc3ccccc3n2Cc2ccccc2F)n1. The number of hydrogen-bond donors (Lipinski definition) is 1. The van der Waals surface area contributed by atoms with Crippen LogP contribution in [0.25, 0.3) is 17.0 Å². The van der Waals surface area contributed by atoms with Crippen LogP contribution in [-0.4, -0.2) is 35.1 Å². The number of hydrogen-bond acceptors (Lipinski definition) is 7. The standard InChI is InChI=1S/C25H18FN7O5/c1-15-10-23(28-24(34)17-11-18(32(35)36)13-19(12-17)33(37)38)31(29-15)25-27-21-8-4-5-9-22(21)30(25)14-16-6-2-3-7-20(16)26/h2-13H,14H2,1H3,(H,28,34). The predicted molar refractivity (Wildman–Crippen MR) is 135 cm³/mol. The summed E-state index contributed by atoms with van der Waals surface area (Å²) in [6.45, 7) is 1.81. The number of nitrogens with zero attached hydrogens (tertiary/aromatic N) is 6. The minimum Gasteiger partial charge on any atom is -0.306 e. The Morgan fingerprint density at radius 2 is 1.63 bits per heavy atom. The molecule has 0 fully saturated rings. The van der Waals surface area contributed by atoms with Gasteiger partial charge in [0.15, 0.2) is 0 Å².